The molecule has 2 aliphatic rings. The van der Waals surface area contributed by atoms with Gasteiger partial charge in [-0.05, 0) is 74.1 Å². The first-order valence-electron chi connectivity index (χ1n) is 10.1. The minimum atomic E-state index is -3.74. The summed E-state index contributed by atoms with van der Waals surface area (Å²) in [7, 11) is -3.74. The van der Waals surface area contributed by atoms with Crippen molar-refractivity contribution in [2.24, 2.45) is 5.92 Å². The van der Waals surface area contributed by atoms with Gasteiger partial charge in [0.05, 0.1) is 17.2 Å². The molecular weight excluding hydrogens is 388 g/mol. The van der Waals surface area contributed by atoms with E-state index in [0.29, 0.717) is 24.6 Å². The molecule has 0 saturated heterocycles. The van der Waals surface area contributed by atoms with Crippen LogP contribution >= 0.6 is 0 Å². The fraction of sp³-hybridized carbons (Fsp3) is 0.409. The number of rotatable bonds is 7. The molecule has 1 aliphatic heterocycles. The van der Waals surface area contributed by atoms with Crippen molar-refractivity contribution in [3.05, 3.63) is 47.5 Å². The van der Waals surface area contributed by atoms with Gasteiger partial charge in [0.1, 0.15) is 5.75 Å². The van der Waals surface area contributed by atoms with Crippen molar-refractivity contribution in [2.75, 3.05) is 22.8 Å². The highest BCUT2D eigenvalue weighted by atomic mass is 32.2. The monoisotopic (exact) mass is 414 g/mol. The summed E-state index contributed by atoms with van der Waals surface area (Å²) in [4.78, 5) is 14.5. The number of aryl methyl sites for hydroxylation is 1. The quantitative estimate of drug-likeness (QED) is 0.746. The van der Waals surface area contributed by atoms with Crippen LogP contribution in [0.1, 0.15) is 37.3 Å². The van der Waals surface area contributed by atoms with Crippen LogP contribution in [-0.4, -0.2) is 27.5 Å². The highest BCUT2D eigenvalue weighted by molar-refractivity contribution is 7.92. The van der Waals surface area contributed by atoms with Crippen molar-refractivity contribution in [3.8, 4) is 5.75 Å². The largest absolute Gasteiger partial charge is 0.493 e. The molecule has 4 rings (SSSR count). The van der Waals surface area contributed by atoms with Gasteiger partial charge in [0, 0.05) is 18.2 Å². The molecule has 0 atom stereocenters. The van der Waals surface area contributed by atoms with Crippen molar-refractivity contribution in [1.29, 1.82) is 0 Å². The van der Waals surface area contributed by atoms with Crippen molar-refractivity contribution in [3.63, 3.8) is 0 Å². The van der Waals surface area contributed by atoms with Gasteiger partial charge in [-0.1, -0.05) is 13.0 Å². The highest BCUT2D eigenvalue weighted by Gasteiger charge is 2.36. The average molecular weight is 415 g/mol. The Hall–Kier alpha value is -2.54. The SMILES string of the molecule is CCCOc1ccc(S(=O)(=O)Nc2ccc3c(c2)N(C(=O)C2CC2)CC3)cc1C. The molecule has 1 heterocycles. The lowest BCUT2D eigenvalue weighted by Gasteiger charge is -2.18. The highest BCUT2D eigenvalue weighted by Crippen LogP contribution is 2.37. The Kier molecular flexibility index (Phi) is 5.25. The zero-order valence-electron chi connectivity index (χ0n) is 16.8. The van der Waals surface area contributed by atoms with Crippen LogP contribution in [0.3, 0.4) is 0 Å². The van der Waals surface area contributed by atoms with E-state index < -0.39 is 10.0 Å². The minimum absolute atomic E-state index is 0.137. The smallest absolute Gasteiger partial charge is 0.261 e. The van der Waals surface area contributed by atoms with E-state index in [9.17, 15) is 13.2 Å². The molecule has 6 nitrogen and oxygen atoms in total. The zero-order chi connectivity index (χ0) is 20.6. The van der Waals surface area contributed by atoms with Crippen molar-refractivity contribution in [1.82, 2.24) is 0 Å². The van der Waals surface area contributed by atoms with E-state index in [-0.39, 0.29) is 16.7 Å². The number of fused-ring (bicyclic) bond motifs is 1. The third kappa shape index (κ3) is 4.10. The number of hydrogen-bond donors (Lipinski definition) is 1. The molecule has 154 valence electrons. The van der Waals surface area contributed by atoms with Gasteiger partial charge in [-0.2, -0.15) is 0 Å². The van der Waals surface area contributed by atoms with Crippen molar-refractivity contribution in [2.45, 2.75) is 44.4 Å². The van der Waals surface area contributed by atoms with Gasteiger partial charge in [-0.25, -0.2) is 8.42 Å². The second-order valence-corrected chi connectivity index (χ2v) is 9.42. The summed E-state index contributed by atoms with van der Waals surface area (Å²) < 4.78 is 34.0. The maximum absolute atomic E-state index is 12.9. The number of amides is 1. The summed E-state index contributed by atoms with van der Waals surface area (Å²) in [6.45, 7) is 5.12. The fourth-order valence-electron chi connectivity index (χ4n) is 3.60. The molecule has 0 radical (unpaired) electrons. The van der Waals surface area contributed by atoms with Crippen molar-refractivity contribution >= 4 is 27.3 Å². The number of benzene rings is 2. The Balaban J connectivity index is 1.55. The number of hydrogen-bond acceptors (Lipinski definition) is 4. The summed E-state index contributed by atoms with van der Waals surface area (Å²) in [6, 6.07) is 10.3. The first kappa shape index (κ1) is 19.8. The van der Waals surface area contributed by atoms with Gasteiger partial charge in [-0.3, -0.25) is 9.52 Å². The number of carbonyl (C=O) groups is 1. The first-order valence-corrected chi connectivity index (χ1v) is 11.6. The van der Waals surface area contributed by atoms with Crippen LogP contribution < -0.4 is 14.4 Å². The Morgan fingerprint density at radius 2 is 2.00 bits per heavy atom. The summed E-state index contributed by atoms with van der Waals surface area (Å²) in [5, 5.41) is 0. The number of nitrogens with zero attached hydrogens (tertiary/aromatic N) is 1. The zero-order valence-corrected chi connectivity index (χ0v) is 17.6. The standard InChI is InChI=1S/C22H26N2O4S/c1-3-12-28-21-9-8-19(13-15(21)2)29(26,27)23-18-7-6-16-10-11-24(20(16)14-18)22(25)17-4-5-17/h6-9,13-14,17,23H,3-5,10-12H2,1-2H3. The topological polar surface area (TPSA) is 75.7 Å². The van der Waals surface area contributed by atoms with Crippen LogP contribution in [-0.2, 0) is 21.2 Å². The number of nitrogens with one attached hydrogen (secondary N) is 1. The summed E-state index contributed by atoms with van der Waals surface area (Å²) in [6.07, 6.45) is 3.60. The molecule has 0 spiro atoms. The lowest BCUT2D eigenvalue weighted by molar-refractivity contribution is -0.119. The van der Waals surface area contributed by atoms with Gasteiger partial charge in [0.15, 0.2) is 0 Å². The van der Waals surface area contributed by atoms with E-state index in [1.54, 1.807) is 35.2 Å². The Bertz CT molecular complexity index is 1040. The normalized spacial score (nSPS) is 15.9. The molecule has 0 aromatic heterocycles. The number of anilines is 2. The van der Waals surface area contributed by atoms with Crippen LogP contribution in [0.25, 0.3) is 0 Å². The molecule has 1 fully saturated rings. The first-order chi connectivity index (χ1) is 13.9. The molecule has 7 heteroatoms. The Morgan fingerprint density at radius 3 is 2.69 bits per heavy atom. The number of ether oxygens (including phenoxy) is 1. The van der Waals surface area contributed by atoms with Gasteiger partial charge < -0.3 is 9.64 Å². The molecule has 0 unspecified atom stereocenters. The molecule has 1 amide bonds. The predicted molar refractivity (Wildman–Crippen MR) is 113 cm³/mol. The van der Waals surface area contributed by atoms with Crippen LogP contribution in [0, 0.1) is 12.8 Å². The Labute approximate surface area is 171 Å². The molecule has 1 aliphatic carbocycles. The molecule has 29 heavy (non-hydrogen) atoms. The molecule has 2 aromatic rings. The van der Waals surface area contributed by atoms with E-state index in [0.717, 1.165) is 42.5 Å². The van der Waals surface area contributed by atoms with E-state index in [4.69, 9.17) is 4.74 Å². The third-order valence-electron chi connectivity index (χ3n) is 5.34. The van der Waals surface area contributed by atoms with Gasteiger partial charge in [0.2, 0.25) is 5.91 Å². The van der Waals surface area contributed by atoms with Crippen LogP contribution in [0.15, 0.2) is 41.3 Å². The molecule has 1 saturated carbocycles. The lowest BCUT2D eigenvalue weighted by Crippen LogP contribution is -2.30. The lowest BCUT2D eigenvalue weighted by atomic mass is 10.1. The number of sulfonamides is 1. The summed E-state index contributed by atoms with van der Waals surface area (Å²) in [5.41, 5.74) is 3.14. The van der Waals surface area contributed by atoms with Gasteiger partial charge in [0.25, 0.3) is 10.0 Å². The van der Waals surface area contributed by atoms with E-state index >= 15 is 0 Å². The van der Waals surface area contributed by atoms with E-state index in [2.05, 4.69) is 4.72 Å². The van der Waals surface area contributed by atoms with E-state index in [1.807, 2.05) is 19.9 Å². The van der Waals surface area contributed by atoms with E-state index in [1.165, 1.54) is 0 Å². The van der Waals surface area contributed by atoms with Gasteiger partial charge >= 0.3 is 0 Å². The molecule has 2 aromatic carbocycles. The average Bonchev–Trinajstić information content (AvgIpc) is 3.46. The van der Waals surface area contributed by atoms with Crippen LogP contribution in [0.2, 0.25) is 0 Å². The third-order valence-corrected chi connectivity index (χ3v) is 6.72. The predicted octanol–water partition coefficient (Wildman–Crippen LogP) is 3.88. The van der Waals surface area contributed by atoms with Crippen molar-refractivity contribution < 1.29 is 17.9 Å². The molecular formula is C22H26N2O4S. The summed E-state index contributed by atoms with van der Waals surface area (Å²) >= 11 is 0. The fourth-order valence-corrected chi connectivity index (χ4v) is 4.73. The second-order valence-electron chi connectivity index (χ2n) is 7.74. The Morgan fingerprint density at radius 1 is 1.21 bits per heavy atom. The maximum Gasteiger partial charge on any atom is 0.261 e. The minimum Gasteiger partial charge on any atom is -0.493 e. The van der Waals surface area contributed by atoms with Gasteiger partial charge in [-0.15, -0.1) is 0 Å². The van der Waals surface area contributed by atoms with Crippen LogP contribution in [0.5, 0.6) is 5.75 Å². The second kappa shape index (κ2) is 7.71. The maximum atomic E-state index is 12.9. The molecule has 1 N–H and O–H groups in total. The molecule has 0 bridgehead atoms. The van der Waals surface area contributed by atoms with Crippen LogP contribution in [0.4, 0.5) is 11.4 Å². The summed E-state index contributed by atoms with van der Waals surface area (Å²) in [5.74, 6) is 0.984. The number of carbonyl (C=O) groups excluding carboxylic acids is 1.